The van der Waals surface area contributed by atoms with Crippen LogP contribution in [0.5, 0.6) is 0 Å². The van der Waals surface area contributed by atoms with Gasteiger partial charge in [0.25, 0.3) is 5.91 Å². The molecule has 114 valence electrons. The Hall–Kier alpha value is -2.17. The van der Waals surface area contributed by atoms with Crippen LogP contribution in [-0.2, 0) is 19.4 Å². The van der Waals surface area contributed by atoms with Crippen LogP contribution < -0.4 is 5.32 Å². The minimum Gasteiger partial charge on any atom is -0.344 e. The molecule has 0 fully saturated rings. The summed E-state index contributed by atoms with van der Waals surface area (Å²) in [4.78, 5) is 12.4. The molecule has 2 aliphatic rings. The molecular formula is C17H18FN3O. The first-order valence-electron chi connectivity index (χ1n) is 7.86. The molecule has 0 spiro atoms. The number of carbonyl (C=O) groups is 1. The Bertz CT molecular complexity index is 716. The third-order valence-electron chi connectivity index (χ3n) is 4.63. The van der Waals surface area contributed by atoms with E-state index >= 15 is 0 Å². The van der Waals surface area contributed by atoms with Crippen LogP contribution in [0.3, 0.4) is 0 Å². The molecule has 1 aromatic heterocycles. The van der Waals surface area contributed by atoms with E-state index in [9.17, 15) is 9.18 Å². The van der Waals surface area contributed by atoms with Crippen LogP contribution in [0.4, 0.5) is 4.39 Å². The third-order valence-corrected chi connectivity index (χ3v) is 4.63. The van der Waals surface area contributed by atoms with Gasteiger partial charge in [0.1, 0.15) is 11.5 Å². The first kappa shape index (κ1) is 13.5. The molecule has 0 radical (unpaired) electrons. The van der Waals surface area contributed by atoms with E-state index in [1.165, 1.54) is 6.07 Å². The second-order valence-electron chi connectivity index (χ2n) is 6.11. The zero-order valence-corrected chi connectivity index (χ0v) is 12.3. The standard InChI is InChI=1S/C17H18FN3O/c18-12-7-6-11-3-1-5-15(14(11)9-12)19-17(22)16-10-13-4-2-8-21(13)20-16/h6-7,9-10,15H,1-5,8H2,(H,19,22)/t15-/m1/s1. The van der Waals surface area contributed by atoms with Crippen LogP contribution in [0.15, 0.2) is 24.3 Å². The second-order valence-corrected chi connectivity index (χ2v) is 6.11. The monoisotopic (exact) mass is 299 g/mol. The van der Waals surface area contributed by atoms with Crippen molar-refractivity contribution in [2.24, 2.45) is 0 Å². The minimum absolute atomic E-state index is 0.122. The highest BCUT2D eigenvalue weighted by Crippen LogP contribution is 2.30. The van der Waals surface area contributed by atoms with Gasteiger partial charge in [0.05, 0.1) is 6.04 Å². The van der Waals surface area contributed by atoms with E-state index in [0.717, 1.165) is 55.5 Å². The number of nitrogens with one attached hydrogen (secondary N) is 1. The highest BCUT2D eigenvalue weighted by Gasteiger charge is 2.25. The molecular weight excluding hydrogens is 281 g/mol. The summed E-state index contributed by atoms with van der Waals surface area (Å²) in [7, 11) is 0. The number of carbonyl (C=O) groups excluding carboxylic acids is 1. The van der Waals surface area contributed by atoms with Crippen molar-refractivity contribution < 1.29 is 9.18 Å². The number of nitrogens with zero attached hydrogens (tertiary/aromatic N) is 2. The van der Waals surface area contributed by atoms with Gasteiger partial charge in [0, 0.05) is 12.2 Å². The zero-order chi connectivity index (χ0) is 15.1. The van der Waals surface area contributed by atoms with Crippen LogP contribution in [-0.4, -0.2) is 15.7 Å². The number of rotatable bonds is 2. The van der Waals surface area contributed by atoms with E-state index in [1.807, 2.05) is 16.8 Å². The van der Waals surface area contributed by atoms with E-state index in [4.69, 9.17) is 0 Å². The van der Waals surface area contributed by atoms with Crippen molar-refractivity contribution in [2.45, 2.75) is 44.7 Å². The largest absolute Gasteiger partial charge is 0.344 e. The fourth-order valence-corrected chi connectivity index (χ4v) is 3.52. The Morgan fingerprint density at radius 2 is 2.18 bits per heavy atom. The summed E-state index contributed by atoms with van der Waals surface area (Å²) >= 11 is 0. The van der Waals surface area contributed by atoms with Gasteiger partial charge in [0.2, 0.25) is 0 Å². The predicted octanol–water partition coefficient (Wildman–Crippen LogP) is 2.78. The Morgan fingerprint density at radius 3 is 3.05 bits per heavy atom. The maximum atomic E-state index is 13.5. The molecule has 1 atom stereocenters. The van der Waals surface area contributed by atoms with Crippen LogP contribution in [0.1, 0.15) is 52.6 Å². The fourth-order valence-electron chi connectivity index (χ4n) is 3.52. The number of hydrogen-bond donors (Lipinski definition) is 1. The average Bonchev–Trinajstić information content (AvgIpc) is 3.09. The molecule has 4 nitrogen and oxygen atoms in total. The number of halogens is 1. The van der Waals surface area contributed by atoms with Crippen molar-refractivity contribution in [3.8, 4) is 0 Å². The normalized spacial score (nSPS) is 19.6. The maximum Gasteiger partial charge on any atom is 0.272 e. The molecule has 2 heterocycles. The topological polar surface area (TPSA) is 46.9 Å². The van der Waals surface area contributed by atoms with Gasteiger partial charge in [-0.15, -0.1) is 0 Å². The fraction of sp³-hybridized carbons (Fsp3) is 0.412. The van der Waals surface area contributed by atoms with Gasteiger partial charge in [-0.1, -0.05) is 6.07 Å². The first-order valence-corrected chi connectivity index (χ1v) is 7.86. The summed E-state index contributed by atoms with van der Waals surface area (Å²) in [5.74, 6) is -0.412. The first-order chi connectivity index (χ1) is 10.7. The Kier molecular flexibility index (Phi) is 3.21. The molecule has 4 rings (SSSR count). The van der Waals surface area contributed by atoms with Crippen LogP contribution >= 0.6 is 0 Å². The number of fused-ring (bicyclic) bond motifs is 2. The molecule has 0 saturated carbocycles. The lowest BCUT2D eigenvalue weighted by Crippen LogP contribution is -2.31. The number of aromatic nitrogens is 2. The smallest absolute Gasteiger partial charge is 0.272 e. The van der Waals surface area contributed by atoms with Crippen molar-refractivity contribution in [3.05, 3.63) is 52.6 Å². The number of benzene rings is 1. The molecule has 5 heteroatoms. The summed E-state index contributed by atoms with van der Waals surface area (Å²) < 4.78 is 15.4. The van der Waals surface area contributed by atoms with E-state index in [-0.39, 0.29) is 17.8 Å². The summed E-state index contributed by atoms with van der Waals surface area (Å²) in [6, 6.07) is 6.62. The van der Waals surface area contributed by atoms with Crippen LogP contribution in [0, 0.1) is 5.82 Å². The van der Waals surface area contributed by atoms with Gasteiger partial charge in [-0.25, -0.2) is 4.39 Å². The van der Waals surface area contributed by atoms with Gasteiger partial charge in [-0.05, 0) is 61.4 Å². The Morgan fingerprint density at radius 1 is 1.27 bits per heavy atom. The van der Waals surface area contributed by atoms with Gasteiger partial charge >= 0.3 is 0 Å². The quantitative estimate of drug-likeness (QED) is 0.927. The predicted molar refractivity (Wildman–Crippen MR) is 80.1 cm³/mol. The van der Waals surface area contributed by atoms with Crippen molar-refractivity contribution in [1.29, 1.82) is 0 Å². The lowest BCUT2D eigenvalue weighted by atomic mass is 9.87. The van der Waals surface area contributed by atoms with E-state index in [1.54, 1.807) is 6.07 Å². The lowest BCUT2D eigenvalue weighted by Gasteiger charge is -2.26. The lowest BCUT2D eigenvalue weighted by molar-refractivity contribution is 0.0926. The van der Waals surface area contributed by atoms with Gasteiger partial charge in [-0.2, -0.15) is 5.10 Å². The van der Waals surface area contributed by atoms with E-state index in [0.29, 0.717) is 5.69 Å². The Labute approximate surface area is 128 Å². The zero-order valence-electron chi connectivity index (χ0n) is 12.3. The van der Waals surface area contributed by atoms with Crippen LogP contribution in [0.2, 0.25) is 0 Å². The van der Waals surface area contributed by atoms with Crippen molar-refractivity contribution >= 4 is 5.91 Å². The Balaban J connectivity index is 1.56. The van der Waals surface area contributed by atoms with Crippen molar-refractivity contribution in [3.63, 3.8) is 0 Å². The van der Waals surface area contributed by atoms with Gasteiger partial charge in [-0.3, -0.25) is 9.48 Å². The number of aryl methyl sites for hydroxylation is 3. The average molecular weight is 299 g/mol. The number of hydrogen-bond acceptors (Lipinski definition) is 2. The molecule has 1 aliphatic carbocycles. The highest BCUT2D eigenvalue weighted by molar-refractivity contribution is 5.92. The summed E-state index contributed by atoms with van der Waals surface area (Å²) in [5, 5.41) is 7.39. The summed E-state index contributed by atoms with van der Waals surface area (Å²) in [6.45, 7) is 0.889. The SMILES string of the molecule is O=C(N[C@@H]1CCCc2ccc(F)cc21)c1cc2n(n1)CCC2. The molecule has 2 aromatic rings. The van der Waals surface area contributed by atoms with Gasteiger partial charge < -0.3 is 5.32 Å². The molecule has 1 aromatic carbocycles. The maximum absolute atomic E-state index is 13.5. The molecule has 1 amide bonds. The molecule has 1 N–H and O–H groups in total. The third kappa shape index (κ3) is 2.30. The number of amides is 1. The molecule has 0 saturated heterocycles. The molecule has 22 heavy (non-hydrogen) atoms. The molecule has 0 unspecified atom stereocenters. The summed E-state index contributed by atoms with van der Waals surface area (Å²) in [6.07, 6.45) is 4.87. The molecule has 0 bridgehead atoms. The van der Waals surface area contributed by atoms with Crippen LogP contribution in [0.25, 0.3) is 0 Å². The van der Waals surface area contributed by atoms with Gasteiger partial charge in [0.15, 0.2) is 0 Å². The second kappa shape index (κ2) is 5.23. The highest BCUT2D eigenvalue weighted by atomic mass is 19.1. The summed E-state index contributed by atoms with van der Waals surface area (Å²) in [5.41, 5.74) is 3.63. The molecule has 1 aliphatic heterocycles. The minimum atomic E-state index is -0.249. The van der Waals surface area contributed by atoms with Crippen molar-refractivity contribution in [2.75, 3.05) is 0 Å². The van der Waals surface area contributed by atoms with E-state index in [2.05, 4.69) is 10.4 Å². The van der Waals surface area contributed by atoms with Crippen molar-refractivity contribution in [1.82, 2.24) is 15.1 Å². The van der Waals surface area contributed by atoms with E-state index < -0.39 is 0 Å².